The van der Waals surface area contributed by atoms with E-state index in [0.29, 0.717) is 0 Å². The molecule has 2 aromatic rings. The van der Waals surface area contributed by atoms with Gasteiger partial charge in [0.1, 0.15) is 5.03 Å². The van der Waals surface area contributed by atoms with Gasteiger partial charge in [-0.1, -0.05) is 24.3 Å². The maximum Gasteiger partial charge on any atom is 0.307 e. The lowest BCUT2D eigenvalue weighted by molar-refractivity contribution is -0.136. The summed E-state index contributed by atoms with van der Waals surface area (Å²) in [4.78, 5) is 18.7. The van der Waals surface area contributed by atoms with Crippen LogP contribution in [-0.4, -0.2) is 21.0 Å². The second-order valence-electron chi connectivity index (χ2n) is 3.72. The van der Waals surface area contributed by atoms with E-state index in [0.717, 1.165) is 21.9 Å². The van der Waals surface area contributed by atoms with E-state index in [1.54, 1.807) is 30.4 Å². The maximum atomic E-state index is 10.5. The van der Waals surface area contributed by atoms with Gasteiger partial charge in [0.2, 0.25) is 0 Å². The fourth-order valence-corrected chi connectivity index (χ4v) is 2.22. The van der Waals surface area contributed by atoms with Crippen molar-refractivity contribution in [2.45, 2.75) is 17.2 Å². The highest BCUT2D eigenvalue weighted by Crippen LogP contribution is 2.19. The Bertz CT molecular complexity index is 514. The van der Waals surface area contributed by atoms with Gasteiger partial charge < -0.3 is 5.11 Å². The van der Waals surface area contributed by atoms with Gasteiger partial charge in [-0.3, -0.25) is 9.78 Å². The van der Waals surface area contributed by atoms with Crippen molar-refractivity contribution in [2.24, 2.45) is 0 Å². The highest BCUT2D eigenvalue weighted by atomic mass is 32.2. The van der Waals surface area contributed by atoms with Crippen LogP contribution in [0.2, 0.25) is 0 Å². The van der Waals surface area contributed by atoms with Crippen LogP contribution in [0.4, 0.5) is 0 Å². The number of aromatic nitrogens is 2. The minimum atomic E-state index is -0.809. The first kappa shape index (κ1) is 12.6. The van der Waals surface area contributed by atoms with Crippen LogP contribution < -0.4 is 0 Å². The number of carbonyl (C=O) groups is 1. The van der Waals surface area contributed by atoms with Gasteiger partial charge in [-0.05, 0) is 11.1 Å². The van der Waals surface area contributed by atoms with Gasteiger partial charge in [-0.25, -0.2) is 4.98 Å². The zero-order valence-electron chi connectivity index (χ0n) is 9.61. The maximum absolute atomic E-state index is 10.5. The molecule has 0 unspecified atom stereocenters. The van der Waals surface area contributed by atoms with Gasteiger partial charge in [-0.2, -0.15) is 0 Å². The summed E-state index contributed by atoms with van der Waals surface area (Å²) >= 11 is 1.60. The molecule has 0 aliphatic carbocycles. The van der Waals surface area contributed by atoms with Crippen molar-refractivity contribution < 1.29 is 9.90 Å². The Labute approximate surface area is 109 Å². The van der Waals surface area contributed by atoms with Gasteiger partial charge in [0, 0.05) is 18.1 Å². The van der Waals surface area contributed by atoms with E-state index in [1.165, 1.54) is 0 Å². The number of carboxylic acids is 1. The number of thioether (sulfide) groups is 1. The van der Waals surface area contributed by atoms with Crippen LogP contribution >= 0.6 is 11.8 Å². The molecule has 0 radical (unpaired) electrons. The summed E-state index contributed by atoms with van der Waals surface area (Å²) in [7, 11) is 0. The Kier molecular flexibility index (Phi) is 4.30. The number of nitrogens with zero attached hydrogens (tertiary/aromatic N) is 2. The molecule has 92 valence electrons. The lowest BCUT2D eigenvalue weighted by atomic mass is 10.1. The third-order valence-electron chi connectivity index (χ3n) is 2.30. The highest BCUT2D eigenvalue weighted by Gasteiger charge is 2.01. The monoisotopic (exact) mass is 260 g/mol. The van der Waals surface area contributed by atoms with Crippen LogP contribution in [0, 0.1) is 0 Å². The zero-order valence-corrected chi connectivity index (χ0v) is 10.4. The number of rotatable bonds is 5. The number of hydrogen-bond acceptors (Lipinski definition) is 4. The molecule has 1 aromatic heterocycles. The minimum Gasteiger partial charge on any atom is -0.481 e. The molecule has 1 aromatic carbocycles. The normalized spacial score (nSPS) is 10.2. The third kappa shape index (κ3) is 3.85. The average Bonchev–Trinajstić information content (AvgIpc) is 2.38. The van der Waals surface area contributed by atoms with Crippen LogP contribution in [0.3, 0.4) is 0 Å². The van der Waals surface area contributed by atoms with E-state index in [-0.39, 0.29) is 6.42 Å². The van der Waals surface area contributed by atoms with Gasteiger partial charge in [0.15, 0.2) is 0 Å². The van der Waals surface area contributed by atoms with Crippen molar-refractivity contribution in [1.82, 2.24) is 9.97 Å². The summed E-state index contributed by atoms with van der Waals surface area (Å²) < 4.78 is 0. The van der Waals surface area contributed by atoms with Crippen molar-refractivity contribution in [3.05, 3.63) is 54.0 Å². The Morgan fingerprint density at radius 2 is 1.89 bits per heavy atom. The molecule has 0 aliphatic rings. The van der Waals surface area contributed by atoms with E-state index in [9.17, 15) is 4.79 Å². The first-order valence-corrected chi connectivity index (χ1v) is 6.41. The summed E-state index contributed by atoms with van der Waals surface area (Å²) in [5.74, 6) is -0.0110. The van der Waals surface area contributed by atoms with Gasteiger partial charge in [0.25, 0.3) is 0 Å². The molecule has 0 aliphatic heterocycles. The van der Waals surface area contributed by atoms with E-state index in [2.05, 4.69) is 9.97 Å². The van der Waals surface area contributed by atoms with Gasteiger partial charge in [-0.15, -0.1) is 11.8 Å². The molecule has 5 heteroatoms. The number of hydrogen-bond donors (Lipinski definition) is 1. The molecule has 0 spiro atoms. The van der Waals surface area contributed by atoms with Crippen LogP contribution in [-0.2, 0) is 17.0 Å². The molecular formula is C13H12N2O2S. The van der Waals surface area contributed by atoms with E-state index >= 15 is 0 Å². The van der Waals surface area contributed by atoms with E-state index < -0.39 is 5.97 Å². The van der Waals surface area contributed by atoms with E-state index in [4.69, 9.17) is 5.11 Å². The first-order chi connectivity index (χ1) is 8.74. The molecule has 0 saturated heterocycles. The molecule has 4 nitrogen and oxygen atoms in total. The predicted octanol–water partition coefficient (Wildman–Crippen LogP) is 2.40. The van der Waals surface area contributed by atoms with Crippen LogP contribution in [0.25, 0.3) is 0 Å². The van der Waals surface area contributed by atoms with Crippen LogP contribution in [0.5, 0.6) is 0 Å². The van der Waals surface area contributed by atoms with Crippen molar-refractivity contribution in [3.63, 3.8) is 0 Å². The molecule has 0 fully saturated rings. The summed E-state index contributed by atoms with van der Waals surface area (Å²) in [6, 6.07) is 7.59. The minimum absolute atomic E-state index is 0.0670. The Hall–Kier alpha value is -1.88. The lowest BCUT2D eigenvalue weighted by Crippen LogP contribution is -1.99. The Morgan fingerprint density at radius 1 is 1.17 bits per heavy atom. The van der Waals surface area contributed by atoms with Crippen molar-refractivity contribution in [2.75, 3.05) is 0 Å². The molecule has 0 amide bonds. The summed E-state index contributed by atoms with van der Waals surface area (Å²) in [5, 5.41) is 9.55. The number of benzene rings is 1. The molecule has 0 bridgehead atoms. The Morgan fingerprint density at radius 3 is 2.50 bits per heavy atom. The van der Waals surface area contributed by atoms with Crippen LogP contribution in [0.1, 0.15) is 11.1 Å². The molecule has 1 heterocycles. The van der Waals surface area contributed by atoms with E-state index in [1.807, 2.05) is 24.3 Å². The second-order valence-corrected chi connectivity index (χ2v) is 4.71. The SMILES string of the molecule is O=C(O)Cc1ccc(CSc2cnccn2)cc1. The molecular weight excluding hydrogens is 248 g/mol. The third-order valence-corrected chi connectivity index (χ3v) is 3.29. The number of aliphatic carboxylic acids is 1. The molecule has 18 heavy (non-hydrogen) atoms. The van der Waals surface area contributed by atoms with Gasteiger partial charge >= 0.3 is 5.97 Å². The molecule has 1 N–H and O–H groups in total. The summed E-state index contributed by atoms with van der Waals surface area (Å²) in [6.45, 7) is 0. The smallest absolute Gasteiger partial charge is 0.307 e. The fourth-order valence-electron chi connectivity index (χ4n) is 1.45. The van der Waals surface area contributed by atoms with Crippen molar-refractivity contribution in [3.8, 4) is 0 Å². The largest absolute Gasteiger partial charge is 0.481 e. The zero-order chi connectivity index (χ0) is 12.8. The standard InChI is InChI=1S/C13H12N2O2S/c16-13(17)7-10-1-3-11(4-2-10)9-18-12-8-14-5-6-15-12/h1-6,8H,7,9H2,(H,16,17). The molecule has 0 saturated carbocycles. The van der Waals surface area contributed by atoms with Crippen molar-refractivity contribution in [1.29, 1.82) is 0 Å². The molecule has 0 atom stereocenters. The summed E-state index contributed by atoms with van der Waals surface area (Å²) in [5.41, 5.74) is 1.95. The highest BCUT2D eigenvalue weighted by molar-refractivity contribution is 7.98. The van der Waals surface area contributed by atoms with Gasteiger partial charge in [0.05, 0.1) is 12.6 Å². The average molecular weight is 260 g/mol. The first-order valence-electron chi connectivity index (χ1n) is 5.42. The fraction of sp³-hybridized carbons (Fsp3) is 0.154. The Balaban J connectivity index is 1.92. The lowest BCUT2D eigenvalue weighted by Gasteiger charge is -2.02. The predicted molar refractivity (Wildman–Crippen MR) is 69.4 cm³/mol. The molecule has 2 rings (SSSR count). The second kappa shape index (κ2) is 6.16. The summed E-state index contributed by atoms with van der Waals surface area (Å²) in [6.07, 6.45) is 5.10. The van der Waals surface area contributed by atoms with Crippen molar-refractivity contribution >= 4 is 17.7 Å². The quantitative estimate of drug-likeness (QED) is 0.836. The van der Waals surface area contributed by atoms with Crippen LogP contribution in [0.15, 0.2) is 47.9 Å². The topological polar surface area (TPSA) is 63.1 Å². The number of carboxylic acid groups (broad SMARTS) is 1.